The molecule has 1 fully saturated rings. The van der Waals surface area contributed by atoms with Crippen LogP contribution in [0.3, 0.4) is 0 Å². The van der Waals surface area contributed by atoms with Crippen molar-refractivity contribution in [1.82, 2.24) is 10.2 Å². The molecule has 1 aromatic carbocycles. The van der Waals surface area contributed by atoms with E-state index in [-0.39, 0.29) is 30.7 Å². The van der Waals surface area contributed by atoms with Gasteiger partial charge in [0.25, 0.3) is 0 Å². The second kappa shape index (κ2) is 8.19. The van der Waals surface area contributed by atoms with Crippen LogP contribution in [0.5, 0.6) is 0 Å². The molecule has 138 valence electrons. The second-order valence-corrected chi connectivity index (χ2v) is 5.80. The van der Waals surface area contributed by atoms with E-state index in [2.05, 4.69) is 10.6 Å². The van der Waals surface area contributed by atoms with Crippen LogP contribution >= 0.6 is 0 Å². The van der Waals surface area contributed by atoms with Crippen molar-refractivity contribution in [3.63, 3.8) is 0 Å². The highest BCUT2D eigenvalue weighted by Crippen LogP contribution is 2.29. The van der Waals surface area contributed by atoms with Gasteiger partial charge in [-0.2, -0.15) is 13.2 Å². The number of anilines is 1. The number of amides is 3. The van der Waals surface area contributed by atoms with Gasteiger partial charge in [-0.25, -0.2) is 4.79 Å². The Morgan fingerprint density at radius 2 is 1.76 bits per heavy atom. The van der Waals surface area contributed by atoms with E-state index in [1.54, 1.807) is 4.90 Å². The van der Waals surface area contributed by atoms with Crippen LogP contribution in [0.25, 0.3) is 0 Å². The van der Waals surface area contributed by atoms with Crippen LogP contribution in [0.15, 0.2) is 24.3 Å². The number of nitrogens with one attached hydrogen (secondary N) is 2. The maximum Gasteiger partial charge on any atom is 0.416 e. The van der Waals surface area contributed by atoms with E-state index in [0.717, 1.165) is 12.1 Å². The molecule has 0 bridgehead atoms. The predicted molar refractivity (Wildman–Crippen MR) is 84.9 cm³/mol. The molecule has 0 radical (unpaired) electrons. The Morgan fingerprint density at radius 3 is 2.28 bits per heavy atom. The number of benzene rings is 1. The number of carbonyl (C=O) groups excluding carboxylic acids is 2. The molecule has 0 aliphatic carbocycles. The summed E-state index contributed by atoms with van der Waals surface area (Å²) in [6.45, 7) is 0.792. The molecule has 0 spiro atoms. The van der Waals surface area contributed by atoms with Crippen molar-refractivity contribution in [3.05, 3.63) is 29.8 Å². The van der Waals surface area contributed by atoms with Crippen molar-refractivity contribution in [2.45, 2.75) is 31.5 Å². The normalized spacial score (nSPS) is 15.8. The van der Waals surface area contributed by atoms with Gasteiger partial charge in [-0.15, -0.1) is 0 Å². The molecule has 0 atom stereocenters. The topological polar surface area (TPSA) is 81.7 Å². The minimum absolute atomic E-state index is 0.0898. The van der Waals surface area contributed by atoms with Gasteiger partial charge < -0.3 is 20.6 Å². The lowest BCUT2D eigenvalue weighted by Crippen LogP contribution is -2.47. The van der Waals surface area contributed by atoms with Crippen LogP contribution in [-0.2, 0) is 11.0 Å². The highest BCUT2D eigenvalue weighted by Gasteiger charge is 2.30. The minimum Gasteiger partial charge on any atom is -0.396 e. The number of aliphatic hydroxyl groups is 1. The molecule has 1 aliphatic heterocycles. The number of aliphatic hydroxyl groups excluding tert-OH is 1. The van der Waals surface area contributed by atoms with E-state index in [1.807, 2.05) is 0 Å². The van der Waals surface area contributed by atoms with Gasteiger partial charge in [-0.3, -0.25) is 4.79 Å². The van der Waals surface area contributed by atoms with Crippen LogP contribution in [-0.4, -0.2) is 47.7 Å². The standard InChI is InChI=1S/C16H20F3N3O3/c17-16(18,19)11-1-3-12(4-2-11)20-15(25)21-13-5-8-22(9-6-13)14(24)7-10-23/h1-4,13,23H,5-10H2,(H2,20,21,25). The van der Waals surface area contributed by atoms with Crippen LogP contribution in [0.2, 0.25) is 0 Å². The molecule has 0 saturated carbocycles. The molecule has 9 heteroatoms. The van der Waals surface area contributed by atoms with E-state index in [9.17, 15) is 22.8 Å². The quantitative estimate of drug-likeness (QED) is 0.771. The van der Waals surface area contributed by atoms with Gasteiger partial charge in [-0.05, 0) is 37.1 Å². The van der Waals surface area contributed by atoms with Gasteiger partial charge >= 0.3 is 12.2 Å². The Kier molecular flexibility index (Phi) is 6.24. The number of halogens is 3. The molecular weight excluding hydrogens is 339 g/mol. The van der Waals surface area contributed by atoms with Crippen molar-refractivity contribution in [1.29, 1.82) is 0 Å². The summed E-state index contributed by atoms with van der Waals surface area (Å²) in [5.74, 6) is -0.116. The van der Waals surface area contributed by atoms with Gasteiger partial charge in [0.2, 0.25) is 5.91 Å². The predicted octanol–water partition coefficient (Wildman–Crippen LogP) is 2.20. The molecule has 1 aromatic rings. The van der Waals surface area contributed by atoms with E-state index < -0.39 is 17.8 Å². The lowest BCUT2D eigenvalue weighted by molar-refractivity contribution is -0.137. The molecule has 1 saturated heterocycles. The fourth-order valence-corrected chi connectivity index (χ4v) is 2.62. The molecule has 3 N–H and O–H groups in total. The summed E-state index contributed by atoms with van der Waals surface area (Å²) in [5, 5.41) is 14.0. The molecule has 25 heavy (non-hydrogen) atoms. The number of rotatable bonds is 4. The van der Waals surface area contributed by atoms with Crippen molar-refractivity contribution in [2.75, 3.05) is 25.0 Å². The van der Waals surface area contributed by atoms with Crippen LogP contribution in [0.4, 0.5) is 23.7 Å². The van der Waals surface area contributed by atoms with Gasteiger partial charge in [0.1, 0.15) is 0 Å². The van der Waals surface area contributed by atoms with Crippen LogP contribution in [0.1, 0.15) is 24.8 Å². The van der Waals surface area contributed by atoms with E-state index in [4.69, 9.17) is 5.11 Å². The Labute approximate surface area is 143 Å². The first-order chi connectivity index (χ1) is 11.8. The average molecular weight is 359 g/mol. The first-order valence-electron chi connectivity index (χ1n) is 7.93. The zero-order valence-electron chi connectivity index (χ0n) is 13.5. The van der Waals surface area contributed by atoms with Gasteiger partial charge in [0, 0.05) is 31.2 Å². The zero-order valence-corrected chi connectivity index (χ0v) is 13.5. The Balaban J connectivity index is 1.78. The molecule has 2 rings (SSSR count). The number of alkyl halides is 3. The van der Waals surface area contributed by atoms with Crippen LogP contribution in [0, 0.1) is 0 Å². The van der Waals surface area contributed by atoms with Crippen LogP contribution < -0.4 is 10.6 Å². The number of carbonyl (C=O) groups is 2. The SMILES string of the molecule is O=C(Nc1ccc(C(F)(F)F)cc1)NC1CCN(C(=O)CCO)CC1. The third kappa shape index (κ3) is 5.63. The monoisotopic (exact) mass is 359 g/mol. The molecule has 1 heterocycles. The lowest BCUT2D eigenvalue weighted by Gasteiger charge is -2.32. The zero-order chi connectivity index (χ0) is 18.4. The first kappa shape index (κ1) is 19.0. The Hall–Kier alpha value is -2.29. The van der Waals surface area contributed by atoms with Crippen molar-refractivity contribution in [3.8, 4) is 0 Å². The maximum atomic E-state index is 12.5. The van der Waals surface area contributed by atoms with Crippen molar-refractivity contribution < 1.29 is 27.9 Å². The fourth-order valence-electron chi connectivity index (χ4n) is 2.62. The van der Waals surface area contributed by atoms with Gasteiger partial charge in [0.05, 0.1) is 12.2 Å². The average Bonchev–Trinajstić information content (AvgIpc) is 2.55. The number of hydrogen-bond acceptors (Lipinski definition) is 3. The highest BCUT2D eigenvalue weighted by molar-refractivity contribution is 5.89. The fraction of sp³-hybridized carbons (Fsp3) is 0.500. The number of likely N-dealkylation sites (tertiary alicyclic amines) is 1. The van der Waals surface area contributed by atoms with Gasteiger partial charge in [-0.1, -0.05) is 0 Å². The molecular formula is C16H20F3N3O3. The third-order valence-electron chi connectivity index (χ3n) is 3.98. The van der Waals surface area contributed by atoms with E-state index >= 15 is 0 Å². The minimum atomic E-state index is -4.41. The summed E-state index contributed by atoms with van der Waals surface area (Å²) in [4.78, 5) is 25.2. The number of nitrogens with zero attached hydrogens (tertiary/aromatic N) is 1. The first-order valence-corrected chi connectivity index (χ1v) is 7.93. The van der Waals surface area contributed by atoms with E-state index in [0.29, 0.717) is 25.9 Å². The van der Waals surface area contributed by atoms with E-state index in [1.165, 1.54) is 12.1 Å². The maximum absolute atomic E-state index is 12.5. The molecule has 0 aromatic heterocycles. The Morgan fingerprint density at radius 1 is 1.16 bits per heavy atom. The number of urea groups is 1. The third-order valence-corrected chi connectivity index (χ3v) is 3.98. The summed E-state index contributed by atoms with van der Waals surface area (Å²) in [6, 6.07) is 3.58. The highest BCUT2D eigenvalue weighted by atomic mass is 19.4. The molecule has 6 nitrogen and oxygen atoms in total. The molecule has 1 aliphatic rings. The Bertz CT molecular complexity index is 597. The largest absolute Gasteiger partial charge is 0.416 e. The molecule has 3 amide bonds. The van der Waals surface area contributed by atoms with Crippen molar-refractivity contribution >= 4 is 17.6 Å². The summed E-state index contributed by atoms with van der Waals surface area (Å²) in [7, 11) is 0. The lowest BCUT2D eigenvalue weighted by atomic mass is 10.0. The summed E-state index contributed by atoms with van der Waals surface area (Å²) in [5.41, 5.74) is -0.514. The van der Waals surface area contributed by atoms with Gasteiger partial charge in [0.15, 0.2) is 0 Å². The summed E-state index contributed by atoms with van der Waals surface area (Å²) < 4.78 is 37.5. The van der Waals surface area contributed by atoms with Crippen molar-refractivity contribution in [2.24, 2.45) is 0 Å². The second-order valence-electron chi connectivity index (χ2n) is 5.80. The smallest absolute Gasteiger partial charge is 0.396 e. The molecule has 0 unspecified atom stereocenters. The number of hydrogen-bond donors (Lipinski definition) is 3. The number of piperidine rings is 1. The summed E-state index contributed by atoms with van der Waals surface area (Å²) >= 11 is 0. The summed E-state index contributed by atoms with van der Waals surface area (Å²) in [6.07, 6.45) is -3.16.